The van der Waals surface area contributed by atoms with Crippen LogP contribution in [0.15, 0.2) is 23.4 Å². The topological polar surface area (TPSA) is 66.7 Å². The molecule has 19 heavy (non-hydrogen) atoms. The van der Waals surface area contributed by atoms with Crippen molar-refractivity contribution in [2.24, 2.45) is 5.16 Å². The first-order valence-corrected chi connectivity index (χ1v) is 8.23. The first-order valence-electron chi connectivity index (χ1n) is 5.76. The maximum Gasteiger partial charge on any atom is 0.158 e. The molecule has 0 amide bonds. The smallest absolute Gasteiger partial charge is 0.158 e. The van der Waals surface area contributed by atoms with Crippen LogP contribution in [0.1, 0.15) is 25.8 Å². The van der Waals surface area contributed by atoms with Crippen LogP contribution >= 0.6 is 23.2 Å². The van der Waals surface area contributed by atoms with Crippen molar-refractivity contribution in [3.05, 3.63) is 33.8 Å². The highest BCUT2D eigenvalue weighted by Crippen LogP contribution is 2.25. The maximum atomic E-state index is 12.0. The fourth-order valence-corrected chi connectivity index (χ4v) is 3.74. The summed E-state index contributed by atoms with van der Waals surface area (Å²) in [6.45, 7) is 3.27. The van der Waals surface area contributed by atoms with E-state index in [4.69, 9.17) is 28.4 Å². The summed E-state index contributed by atoms with van der Waals surface area (Å²) in [6, 6.07) is 4.60. The van der Waals surface area contributed by atoms with Gasteiger partial charge in [0.2, 0.25) is 0 Å². The molecule has 7 heteroatoms. The minimum absolute atomic E-state index is 0.0320. The molecule has 0 saturated carbocycles. The molecule has 0 saturated heterocycles. The predicted octanol–water partition coefficient (Wildman–Crippen LogP) is 3.39. The van der Waals surface area contributed by atoms with E-state index in [-0.39, 0.29) is 16.5 Å². The van der Waals surface area contributed by atoms with Crippen molar-refractivity contribution in [3.63, 3.8) is 0 Å². The zero-order chi connectivity index (χ0) is 14.6. The van der Waals surface area contributed by atoms with E-state index in [9.17, 15) is 8.42 Å². The van der Waals surface area contributed by atoms with Crippen LogP contribution in [0.25, 0.3) is 0 Å². The number of hydrogen-bond acceptors (Lipinski definition) is 4. The minimum atomic E-state index is -3.38. The number of benzene rings is 1. The second kappa shape index (κ2) is 6.59. The van der Waals surface area contributed by atoms with Crippen molar-refractivity contribution in [1.82, 2.24) is 0 Å². The van der Waals surface area contributed by atoms with Crippen LogP contribution < -0.4 is 0 Å². The van der Waals surface area contributed by atoms with Crippen molar-refractivity contribution in [2.45, 2.75) is 25.5 Å². The van der Waals surface area contributed by atoms with Gasteiger partial charge in [-0.2, -0.15) is 0 Å². The summed E-state index contributed by atoms with van der Waals surface area (Å²) >= 11 is 11.8. The van der Waals surface area contributed by atoms with Crippen LogP contribution in [0.4, 0.5) is 0 Å². The van der Waals surface area contributed by atoms with E-state index in [1.807, 2.05) is 0 Å². The lowest BCUT2D eigenvalue weighted by molar-refractivity contribution is 0.318. The third kappa shape index (κ3) is 3.61. The third-order valence-corrected chi connectivity index (χ3v) is 5.60. The molecule has 4 nitrogen and oxygen atoms in total. The summed E-state index contributed by atoms with van der Waals surface area (Å²) in [7, 11) is -3.38. The zero-order valence-electron chi connectivity index (χ0n) is 10.6. The first kappa shape index (κ1) is 16.3. The molecule has 0 aliphatic rings. The normalized spacial score (nSPS) is 14.4. The van der Waals surface area contributed by atoms with Crippen molar-refractivity contribution in [2.75, 3.05) is 5.75 Å². The van der Waals surface area contributed by atoms with Gasteiger partial charge >= 0.3 is 0 Å². The van der Waals surface area contributed by atoms with Crippen LogP contribution in [0, 0.1) is 0 Å². The van der Waals surface area contributed by atoms with Crippen LogP contribution in [-0.2, 0) is 9.84 Å². The Labute approximate surface area is 122 Å². The van der Waals surface area contributed by atoms with Crippen LogP contribution in [0.3, 0.4) is 0 Å². The highest BCUT2D eigenvalue weighted by Gasteiger charge is 2.30. The summed E-state index contributed by atoms with van der Waals surface area (Å²) in [5, 5.41) is 12.1. The highest BCUT2D eigenvalue weighted by molar-refractivity contribution is 7.92. The van der Waals surface area contributed by atoms with Gasteiger partial charge < -0.3 is 5.21 Å². The van der Waals surface area contributed by atoms with Gasteiger partial charge in [-0.15, -0.1) is 0 Å². The Balaban J connectivity index is 3.35. The molecule has 1 aromatic rings. The first-order chi connectivity index (χ1) is 8.87. The molecule has 0 aliphatic carbocycles. The lowest BCUT2D eigenvalue weighted by Crippen LogP contribution is -2.32. The van der Waals surface area contributed by atoms with Crippen molar-refractivity contribution in [1.29, 1.82) is 0 Å². The van der Waals surface area contributed by atoms with E-state index in [0.717, 1.165) is 0 Å². The van der Waals surface area contributed by atoms with E-state index in [1.165, 1.54) is 6.07 Å². The Morgan fingerprint density at radius 3 is 2.42 bits per heavy atom. The average molecular weight is 324 g/mol. The lowest BCUT2D eigenvalue weighted by atomic mass is 10.1. The quantitative estimate of drug-likeness (QED) is 0.513. The summed E-state index contributed by atoms with van der Waals surface area (Å²) in [6.07, 6.45) is 0.300. The van der Waals surface area contributed by atoms with E-state index >= 15 is 0 Å². The van der Waals surface area contributed by atoms with E-state index < -0.39 is 15.1 Å². The van der Waals surface area contributed by atoms with Crippen molar-refractivity contribution >= 4 is 38.8 Å². The fourth-order valence-electron chi connectivity index (χ4n) is 1.81. The molecule has 0 radical (unpaired) electrons. The number of halogens is 2. The lowest BCUT2D eigenvalue weighted by Gasteiger charge is -2.17. The molecule has 1 atom stereocenters. The summed E-state index contributed by atoms with van der Waals surface area (Å²) < 4.78 is 24.0. The molecular weight excluding hydrogens is 309 g/mol. The Hall–Kier alpha value is -0.780. The predicted molar refractivity (Wildman–Crippen MR) is 78.3 cm³/mol. The summed E-state index contributed by atoms with van der Waals surface area (Å²) in [5.41, 5.74) is 0.420. The Kier molecular flexibility index (Phi) is 5.64. The monoisotopic (exact) mass is 323 g/mol. The standard InChI is InChI=1S/C12H15Cl2NO3S/c1-3-11(19(17,18)4-2)12(15-16)9-6-5-8(13)7-10(9)14/h5-7,11,16H,3-4H2,1-2H3/b15-12+. The second-order valence-electron chi connectivity index (χ2n) is 3.96. The van der Waals surface area contributed by atoms with Gasteiger partial charge in [0.15, 0.2) is 9.84 Å². The minimum Gasteiger partial charge on any atom is -0.411 e. The number of rotatable bonds is 5. The van der Waals surface area contributed by atoms with Crippen LogP contribution in [0.2, 0.25) is 10.0 Å². The van der Waals surface area contributed by atoms with Gasteiger partial charge in [0.05, 0.1) is 5.02 Å². The molecular formula is C12H15Cl2NO3S. The van der Waals surface area contributed by atoms with Gasteiger partial charge in [0.25, 0.3) is 0 Å². The van der Waals surface area contributed by atoms with Gasteiger partial charge in [0.1, 0.15) is 11.0 Å². The Morgan fingerprint density at radius 2 is 2.00 bits per heavy atom. The number of hydrogen-bond donors (Lipinski definition) is 1. The summed E-state index contributed by atoms with van der Waals surface area (Å²) in [5.74, 6) is -0.0320. The number of sulfone groups is 1. The molecule has 1 unspecified atom stereocenters. The fraction of sp³-hybridized carbons (Fsp3) is 0.417. The number of oxime groups is 1. The average Bonchev–Trinajstić information content (AvgIpc) is 2.36. The molecule has 0 fully saturated rings. The van der Waals surface area contributed by atoms with Gasteiger partial charge in [-0.25, -0.2) is 8.42 Å². The van der Waals surface area contributed by atoms with Crippen molar-refractivity contribution in [3.8, 4) is 0 Å². The molecule has 0 heterocycles. The molecule has 0 spiro atoms. The van der Waals surface area contributed by atoms with Crippen molar-refractivity contribution < 1.29 is 13.6 Å². The number of nitrogens with zero attached hydrogens (tertiary/aromatic N) is 1. The molecule has 106 valence electrons. The third-order valence-electron chi connectivity index (χ3n) is 2.83. The molecule has 1 aromatic carbocycles. The molecule has 0 aliphatic heterocycles. The Bertz CT molecular complexity index is 585. The molecule has 0 bridgehead atoms. The van der Waals surface area contributed by atoms with Crippen LogP contribution in [-0.4, -0.2) is 30.3 Å². The maximum absolute atomic E-state index is 12.0. The zero-order valence-corrected chi connectivity index (χ0v) is 12.9. The second-order valence-corrected chi connectivity index (χ2v) is 7.27. The van der Waals surface area contributed by atoms with E-state index in [0.29, 0.717) is 17.0 Å². The van der Waals surface area contributed by atoms with Gasteiger partial charge in [-0.05, 0) is 24.6 Å². The van der Waals surface area contributed by atoms with E-state index in [1.54, 1.807) is 26.0 Å². The van der Waals surface area contributed by atoms with E-state index in [2.05, 4.69) is 5.16 Å². The molecule has 1 N–H and O–H groups in total. The van der Waals surface area contributed by atoms with Gasteiger partial charge in [-0.3, -0.25) is 0 Å². The Morgan fingerprint density at radius 1 is 1.37 bits per heavy atom. The van der Waals surface area contributed by atoms with Gasteiger partial charge in [0, 0.05) is 16.3 Å². The molecule has 0 aromatic heterocycles. The highest BCUT2D eigenvalue weighted by atomic mass is 35.5. The SMILES string of the molecule is CCC(/C(=N/O)c1ccc(Cl)cc1Cl)S(=O)(=O)CC. The van der Waals surface area contributed by atoms with Gasteiger partial charge in [-0.1, -0.05) is 42.2 Å². The molecule has 1 rings (SSSR count). The largest absolute Gasteiger partial charge is 0.411 e. The summed E-state index contributed by atoms with van der Waals surface area (Å²) in [4.78, 5) is 0. The van der Waals surface area contributed by atoms with Crippen LogP contribution in [0.5, 0.6) is 0 Å².